The number of carboxylic acids is 4. The first-order chi connectivity index (χ1) is 30.9. The molecule has 0 saturated heterocycles. The topological polar surface area (TPSA) is 390 Å². The van der Waals surface area contributed by atoms with Gasteiger partial charge in [-0.2, -0.15) is 28.8 Å². The molecule has 0 aliphatic carbocycles. The summed E-state index contributed by atoms with van der Waals surface area (Å²) in [6, 6.07) is 12.8. The van der Waals surface area contributed by atoms with Crippen LogP contribution in [0.3, 0.4) is 0 Å². The smallest absolute Gasteiger partial charge is 0.355 e. The summed E-state index contributed by atoms with van der Waals surface area (Å²) in [6.45, 7) is -1.77. The van der Waals surface area contributed by atoms with E-state index in [1.807, 2.05) is 0 Å². The van der Waals surface area contributed by atoms with Crippen LogP contribution in [0.15, 0.2) is 120 Å². The van der Waals surface area contributed by atoms with Crippen LogP contribution < -0.4 is 14.5 Å². The number of carbonyl (C=O) groups excluding carboxylic acids is 1. The largest absolute Gasteiger partial charge is 0.505 e. The fourth-order valence-corrected chi connectivity index (χ4v) is 6.49. The number of aliphatic hydroxyl groups is 2. The number of anilines is 1. The third-order valence-corrected chi connectivity index (χ3v) is 9.69. The number of phenolic OH excluding ortho intramolecular Hbond substituents is 1. The standard InChI is InChI=1S/C39H30N8O17S/c48-9-11-63-28-17-27(29(64-12-10-49)16-26(28)42-41-25-14-19(37(54)55)3-7-24(25)38(56)57)43-44-31-30(65(60,61)62)15-20-13-21(4-8-23(20)34(31)50)40-45-32-33(39(58)59)46-47(35(32)51)22-5-1-18(2-6-22)36(52)53/h1-8,13-17,32,48-50H,9-12H2,(H,52,53)(H,54,55)(H,56,57)(H,58,59)(H,60,61,62)/b42-41+,44-43+,45-40+. The van der Waals surface area contributed by atoms with Gasteiger partial charge in [-0.25, -0.2) is 19.2 Å². The highest BCUT2D eigenvalue weighted by molar-refractivity contribution is 7.86. The number of hydrogen-bond donors (Lipinski definition) is 8. The summed E-state index contributed by atoms with van der Waals surface area (Å²) in [6.07, 6.45) is 0. The first kappa shape index (κ1) is 45.9. The van der Waals surface area contributed by atoms with Crippen molar-refractivity contribution in [1.82, 2.24) is 0 Å². The number of carbonyl (C=O) groups is 5. The van der Waals surface area contributed by atoms with Gasteiger partial charge >= 0.3 is 23.9 Å². The van der Waals surface area contributed by atoms with Crippen LogP contribution in [0.2, 0.25) is 0 Å². The van der Waals surface area contributed by atoms with Gasteiger partial charge in [0.2, 0.25) is 6.04 Å². The number of benzene rings is 5. The number of aliphatic hydroxyl groups excluding tert-OH is 2. The molecule has 1 heterocycles. The Morgan fingerprint density at radius 1 is 0.677 bits per heavy atom. The van der Waals surface area contributed by atoms with E-state index in [9.17, 15) is 67.6 Å². The van der Waals surface area contributed by atoms with E-state index in [0.29, 0.717) is 5.01 Å². The minimum atomic E-state index is -5.21. The molecule has 0 fully saturated rings. The molecule has 0 radical (unpaired) electrons. The zero-order chi connectivity index (χ0) is 47.2. The highest BCUT2D eigenvalue weighted by atomic mass is 32.2. The Balaban J connectivity index is 1.37. The number of phenols is 1. The summed E-state index contributed by atoms with van der Waals surface area (Å²) in [5, 5.41) is 96.0. The van der Waals surface area contributed by atoms with E-state index < -0.39 is 86.8 Å². The summed E-state index contributed by atoms with van der Waals surface area (Å²) >= 11 is 0. The Morgan fingerprint density at radius 2 is 1.26 bits per heavy atom. The number of aliphatic carboxylic acids is 1. The van der Waals surface area contributed by atoms with Gasteiger partial charge in [-0.1, -0.05) is 0 Å². The Labute approximate surface area is 362 Å². The molecule has 5 aromatic carbocycles. The van der Waals surface area contributed by atoms with Crippen molar-refractivity contribution in [2.45, 2.75) is 10.9 Å². The summed E-state index contributed by atoms with van der Waals surface area (Å²) in [5.41, 5.74) is -3.25. The highest BCUT2D eigenvalue weighted by Gasteiger charge is 2.41. The molecule has 1 atom stereocenters. The number of hydrazone groups is 1. The summed E-state index contributed by atoms with van der Waals surface area (Å²) in [4.78, 5) is 58.8. The van der Waals surface area contributed by atoms with E-state index in [2.05, 4.69) is 35.8 Å². The number of hydrogen-bond acceptors (Lipinski definition) is 19. The van der Waals surface area contributed by atoms with Crippen LogP contribution in [0.1, 0.15) is 31.1 Å². The monoisotopic (exact) mass is 914 g/mol. The van der Waals surface area contributed by atoms with Gasteiger partial charge in [0, 0.05) is 17.5 Å². The van der Waals surface area contributed by atoms with E-state index >= 15 is 0 Å². The van der Waals surface area contributed by atoms with Crippen LogP contribution in [0.4, 0.5) is 34.1 Å². The SMILES string of the molecule is O=C(O)C1=NN(c2ccc(C(=O)O)cc2)C(=O)C1/N=N/c1ccc2c(O)c(/N=N/c3cc(OCCO)c(/N=N/c4cc(C(=O)O)ccc4C(=O)O)cc3OCCO)c(S(=O)(=O)O)cc2c1. The molecule has 8 N–H and O–H groups in total. The predicted molar refractivity (Wildman–Crippen MR) is 220 cm³/mol. The number of rotatable bonds is 18. The van der Waals surface area contributed by atoms with Crippen molar-refractivity contribution in [1.29, 1.82) is 0 Å². The Hall–Kier alpha value is -8.59. The maximum Gasteiger partial charge on any atom is 0.355 e. The molecule has 5 aromatic rings. The van der Waals surface area contributed by atoms with E-state index in [-0.39, 0.29) is 75.0 Å². The fourth-order valence-electron chi connectivity index (χ4n) is 5.83. The van der Waals surface area contributed by atoms with Gasteiger partial charge in [-0.05, 0) is 72.1 Å². The second-order valence-corrected chi connectivity index (χ2v) is 14.4. The molecular formula is C39H30N8O17S. The molecule has 0 spiro atoms. The Kier molecular flexibility index (Phi) is 13.6. The Morgan fingerprint density at radius 3 is 1.82 bits per heavy atom. The molecule has 1 aliphatic rings. The number of aromatic hydroxyl groups is 1. The third-order valence-electron chi connectivity index (χ3n) is 8.83. The predicted octanol–water partition coefficient (Wildman–Crippen LogP) is 5.40. The van der Waals surface area contributed by atoms with Crippen LogP contribution in [0.5, 0.6) is 17.2 Å². The van der Waals surface area contributed by atoms with Crippen molar-refractivity contribution in [3.8, 4) is 17.2 Å². The lowest BCUT2D eigenvalue weighted by molar-refractivity contribution is -0.130. The van der Waals surface area contributed by atoms with Crippen LogP contribution >= 0.6 is 0 Å². The van der Waals surface area contributed by atoms with E-state index in [1.54, 1.807) is 0 Å². The normalized spacial score (nSPS) is 14.1. The van der Waals surface area contributed by atoms with Gasteiger partial charge in [-0.15, -0.1) is 20.5 Å². The van der Waals surface area contributed by atoms with Crippen LogP contribution in [-0.4, -0.2) is 117 Å². The average molecular weight is 915 g/mol. The van der Waals surface area contributed by atoms with Crippen molar-refractivity contribution in [2.24, 2.45) is 35.8 Å². The molecule has 0 aromatic heterocycles. The van der Waals surface area contributed by atoms with Crippen molar-refractivity contribution in [3.63, 3.8) is 0 Å². The lowest BCUT2D eigenvalue weighted by Gasteiger charge is -2.13. The van der Waals surface area contributed by atoms with Crippen LogP contribution in [0, 0.1) is 0 Å². The van der Waals surface area contributed by atoms with E-state index in [1.165, 1.54) is 42.5 Å². The quantitative estimate of drug-likeness (QED) is 0.0403. The van der Waals surface area contributed by atoms with Gasteiger partial charge in [0.15, 0.2) is 11.5 Å². The van der Waals surface area contributed by atoms with Crippen molar-refractivity contribution < 1.29 is 82.2 Å². The average Bonchev–Trinajstić information content (AvgIpc) is 3.61. The summed E-state index contributed by atoms with van der Waals surface area (Å²) < 4.78 is 46.7. The van der Waals surface area contributed by atoms with Gasteiger partial charge in [0.25, 0.3) is 16.0 Å². The molecule has 334 valence electrons. The molecule has 0 saturated carbocycles. The first-order valence-corrected chi connectivity index (χ1v) is 19.6. The number of amides is 1. The number of fused-ring (bicyclic) bond motifs is 1. The molecule has 26 heteroatoms. The summed E-state index contributed by atoms with van der Waals surface area (Å²) in [7, 11) is -5.21. The number of aromatic carboxylic acids is 3. The number of nitrogens with zero attached hydrogens (tertiary/aromatic N) is 8. The highest BCUT2D eigenvalue weighted by Crippen LogP contribution is 2.45. The third kappa shape index (κ3) is 10.2. The first-order valence-electron chi connectivity index (χ1n) is 18.2. The van der Waals surface area contributed by atoms with Gasteiger partial charge in [0.05, 0.1) is 41.3 Å². The number of ether oxygens (including phenoxy) is 2. The maximum atomic E-state index is 13.2. The van der Waals surface area contributed by atoms with Crippen LogP contribution in [-0.2, 0) is 19.7 Å². The molecule has 25 nitrogen and oxygen atoms in total. The van der Waals surface area contributed by atoms with Crippen molar-refractivity contribution in [3.05, 3.63) is 95.6 Å². The second kappa shape index (κ2) is 19.2. The zero-order valence-electron chi connectivity index (χ0n) is 32.6. The number of azo groups is 3. The molecule has 65 heavy (non-hydrogen) atoms. The molecule has 1 aliphatic heterocycles. The van der Waals surface area contributed by atoms with Crippen molar-refractivity contribution >= 4 is 90.5 Å². The lowest BCUT2D eigenvalue weighted by Crippen LogP contribution is -2.33. The fraction of sp³-hybridized carbons (Fsp3) is 0.128. The minimum Gasteiger partial charge on any atom is -0.505 e. The molecule has 0 bridgehead atoms. The van der Waals surface area contributed by atoms with E-state index in [0.717, 1.165) is 36.4 Å². The molecule has 6 rings (SSSR count). The molecule has 1 amide bonds. The lowest BCUT2D eigenvalue weighted by atomic mass is 10.1. The summed E-state index contributed by atoms with van der Waals surface area (Å²) in [5.74, 6) is -7.92. The molecular weight excluding hydrogens is 885 g/mol. The van der Waals surface area contributed by atoms with Gasteiger partial charge in [-0.3, -0.25) is 9.35 Å². The van der Waals surface area contributed by atoms with Crippen LogP contribution in [0.25, 0.3) is 10.8 Å². The maximum absolute atomic E-state index is 13.2. The molecule has 1 unspecified atom stereocenters. The van der Waals surface area contributed by atoms with Gasteiger partial charge < -0.3 is 45.2 Å². The second-order valence-electron chi connectivity index (χ2n) is 13.0. The zero-order valence-corrected chi connectivity index (χ0v) is 33.5. The number of carboxylic acid groups (broad SMARTS) is 4. The Bertz CT molecular complexity index is 3010. The van der Waals surface area contributed by atoms with Gasteiger partial charge in [0.1, 0.15) is 52.4 Å². The van der Waals surface area contributed by atoms with E-state index in [4.69, 9.17) is 14.6 Å². The van der Waals surface area contributed by atoms with Crippen molar-refractivity contribution in [2.75, 3.05) is 31.4 Å². The minimum absolute atomic E-state index is 0.0339.